The summed E-state index contributed by atoms with van der Waals surface area (Å²) in [5, 5.41) is 16.0. The highest BCUT2D eigenvalue weighted by Crippen LogP contribution is 2.33. The largest absolute Gasteiger partial charge is 0.493 e. The van der Waals surface area contributed by atoms with Gasteiger partial charge in [-0.25, -0.2) is 4.98 Å². The van der Waals surface area contributed by atoms with Crippen molar-refractivity contribution in [3.63, 3.8) is 0 Å². The SMILES string of the molecule is COc1ccc(-c2csc(NC(=O)c3cc(Cl)ccc3[N+](=O)[O-])n2)cc1OC. The zero-order valence-corrected chi connectivity index (χ0v) is 16.3. The zero-order chi connectivity index (χ0) is 20.3. The molecule has 144 valence electrons. The fourth-order valence-electron chi connectivity index (χ4n) is 2.47. The number of benzene rings is 2. The number of amides is 1. The molecule has 3 rings (SSSR count). The van der Waals surface area contributed by atoms with Crippen LogP contribution in [0.15, 0.2) is 41.8 Å². The van der Waals surface area contributed by atoms with E-state index in [2.05, 4.69) is 10.3 Å². The number of hydrogen-bond donors (Lipinski definition) is 1. The van der Waals surface area contributed by atoms with Crippen LogP contribution < -0.4 is 14.8 Å². The second kappa shape index (κ2) is 8.24. The third-order valence-corrected chi connectivity index (χ3v) is 4.80. The number of ether oxygens (including phenoxy) is 2. The molecule has 0 aliphatic carbocycles. The lowest BCUT2D eigenvalue weighted by Crippen LogP contribution is -2.13. The van der Waals surface area contributed by atoms with Crippen molar-refractivity contribution in [3.05, 3.63) is 62.5 Å². The van der Waals surface area contributed by atoms with Crippen molar-refractivity contribution in [1.82, 2.24) is 4.98 Å². The molecule has 0 aliphatic heterocycles. The molecule has 8 nitrogen and oxygen atoms in total. The van der Waals surface area contributed by atoms with E-state index in [-0.39, 0.29) is 16.3 Å². The fourth-order valence-corrected chi connectivity index (χ4v) is 3.36. The van der Waals surface area contributed by atoms with E-state index < -0.39 is 10.8 Å². The molecule has 0 aliphatic rings. The summed E-state index contributed by atoms with van der Waals surface area (Å²) in [5.41, 5.74) is 0.906. The summed E-state index contributed by atoms with van der Waals surface area (Å²) in [6.07, 6.45) is 0. The summed E-state index contributed by atoms with van der Waals surface area (Å²) in [7, 11) is 3.08. The number of nitro groups is 1. The highest BCUT2D eigenvalue weighted by molar-refractivity contribution is 7.14. The number of rotatable bonds is 6. The molecule has 3 aromatic rings. The third kappa shape index (κ3) is 4.05. The summed E-state index contributed by atoms with van der Waals surface area (Å²) in [5.74, 6) is 0.471. The van der Waals surface area contributed by atoms with Gasteiger partial charge >= 0.3 is 0 Å². The van der Waals surface area contributed by atoms with Crippen LogP contribution in [0.25, 0.3) is 11.3 Å². The molecule has 28 heavy (non-hydrogen) atoms. The van der Waals surface area contributed by atoms with Crippen molar-refractivity contribution in [2.45, 2.75) is 0 Å². The van der Waals surface area contributed by atoms with Gasteiger partial charge < -0.3 is 9.47 Å². The van der Waals surface area contributed by atoms with Crippen molar-refractivity contribution in [1.29, 1.82) is 0 Å². The molecule has 0 unspecified atom stereocenters. The maximum Gasteiger partial charge on any atom is 0.282 e. The van der Waals surface area contributed by atoms with Crippen LogP contribution in [0, 0.1) is 10.1 Å². The number of nitrogens with zero attached hydrogens (tertiary/aromatic N) is 2. The number of thiazole rings is 1. The monoisotopic (exact) mass is 419 g/mol. The van der Waals surface area contributed by atoms with E-state index in [9.17, 15) is 14.9 Å². The van der Waals surface area contributed by atoms with Gasteiger partial charge in [0, 0.05) is 22.0 Å². The minimum Gasteiger partial charge on any atom is -0.493 e. The Hall–Kier alpha value is -3.17. The van der Waals surface area contributed by atoms with Crippen molar-refractivity contribution in [2.24, 2.45) is 0 Å². The van der Waals surface area contributed by atoms with E-state index >= 15 is 0 Å². The van der Waals surface area contributed by atoms with E-state index in [1.165, 1.54) is 36.6 Å². The van der Waals surface area contributed by atoms with Crippen LogP contribution in [-0.2, 0) is 0 Å². The fraction of sp³-hybridized carbons (Fsp3) is 0.111. The van der Waals surface area contributed by atoms with Crippen molar-refractivity contribution >= 4 is 39.7 Å². The quantitative estimate of drug-likeness (QED) is 0.461. The Kier molecular flexibility index (Phi) is 5.76. The predicted molar refractivity (Wildman–Crippen MR) is 107 cm³/mol. The van der Waals surface area contributed by atoms with Crippen molar-refractivity contribution in [2.75, 3.05) is 19.5 Å². The van der Waals surface area contributed by atoms with Crippen molar-refractivity contribution in [3.8, 4) is 22.8 Å². The Balaban J connectivity index is 1.85. The minimum atomic E-state index is -0.664. The molecule has 10 heteroatoms. The molecule has 0 spiro atoms. The number of halogens is 1. The molecule has 1 heterocycles. The number of nitro benzene ring substituents is 1. The number of carbonyl (C=O) groups excluding carboxylic acids is 1. The third-order valence-electron chi connectivity index (χ3n) is 3.80. The number of hydrogen-bond acceptors (Lipinski definition) is 7. The normalized spacial score (nSPS) is 10.4. The smallest absolute Gasteiger partial charge is 0.282 e. The first-order valence-corrected chi connectivity index (χ1v) is 9.12. The van der Waals surface area contributed by atoms with Crippen LogP contribution in [0.2, 0.25) is 5.02 Å². The highest BCUT2D eigenvalue weighted by Gasteiger charge is 2.21. The highest BCUT2D eigenvalue weighted by atomic mass is 35.5. The molecule has 0 fully saturated rings. The molecule has 0 saturated heterocycles. The summed E-state index contributed by atoms with van der Waals surface area (Å²) in [6.45, 7) is 0. The lowest BCUT2D eigenvalue weighted by Gasteiger charge is -2.08. The molecular formula is C18H14ClN3O5S. The van der Waals surface area contributed by atoms with E-state index in [1.54, 1.807) is 24.6 Å². The van der Waals surface area contributed by atoms with E-state index in [4.69, 9.17) is 21.1 Å². The first-order valence-electron chi connectivity index (χ1n) is 7.86. The summed E-state index contributed by atoms with van der Waals surface area (Å²) >= 11 is 7.06. The van der Waals surface area contributed by atoms with Gasteiger partial charge in [0.2, 0.25) is 0 Å². The van der Waals surface area contributed by atoms with Crippen LogP contribution in [0.1, 0.15) is 10.4 Å². The lowest BCUT2D eigenvalue weighted by atomic mass is 10.1. The van der Waals surface area contributed by atoms with E-state index in [1.807, 2.05) is 6.07 Å². The maximum absolute atomic E-state index is 12.5. The van der Waals surface area contributed by atoms with Gasteiger partial charge in [-0.2, -0.15) is 0 Å². The molecule has 1 amide bonds. The zero-order valence-electron chi connectivity index (χ0n) is 14.8. The average molecular weight is 420 g/mol. The van der Waals surface area contributed by atoms with Gasteiger partial charge in [-0.15, -0.1) is 11.3 Å². The first kappa shape index (κ1) is 19.6. The molecule has 0 bridgehead atoms. The molecule has 1 aromatic heterocycles. The summed E-state index contributed by atoms with van der Waals surface area (Å²) < 4.78 is 10.5. The van der Waals surface area contributed by atoms with Crippen LogP contribution in [-0.4, -0.2) is 30.0 Å². The number of nitrogens with one attached hydrogen (secondary N) is 1. The van der Waals surface area contributed by atoms with Gasteiger partial charge in [-0.1, -0.05) is 11.6 Å². The van der Waals surface area contributed by atoms with Crippen molar-refractivity contribution < 1.29 is 19.2 Å². The topological polar surface area (TPSA) is 104 Å². The Morgan fingerprint density at radius 2 is 1.93 bits per heavy atom. The number of carbonyl (C=O) groups is 1. The van der Waals surface area contributed by atoms with Crippen LogP contribution in [0.4, 0.5) is 10.8 Å². The Labute approximate surface area is 168 Å². The Bertz CT molecular complexity index is 1050. The minimum absolute atomic E-state index is 0.139. The van der Waals surface area contributed by atoms with E-state index in [0.29, 0.717) is 22.3 Å². The average Bonchev–Trinajstić information content (AvgIpc) is 3.15. The standard InChI is InChI=1S/C18H14ClN3O5S/c1-26-15-6-3-10(7-16(15)27-2)13-9-28-18(20-13)21-17(23)12-8-11(19)4-5-14(12)22(24)25/h3-9H,1-2H3,(H,20,21,23). The Morgan fingerprint density at radius 1 is 1.18 bits per heavy atom. The molecule has 0 atom stereocenters. The first-order chi connectivity index (χ1) is 13.4. The predicted octanol–water partition coefficient (Wildman–Crippen LogP) is 4.64. The molecule has 0 radical (unpaired) electrons. The van der Waals surface area contributed by atoms with Crippen LogP contribution >= 0.6 is 22.9 Å². The van der Waals surface area contributed by atoms with Crippen LogP contribution in [0.5, 0.6) is 11.5 Å². The van der Waals surface area contributed by atoms with Gasteiger partial charge in [0.15, 0.2) is 16.6 Å². The second-order valence-electron chi connectivity index (χ2n) is 5.48. The molecule has 0 saturated carbocycles. The summed E-state index contributed by atoms with van der Waals surface area (Å²) in [6, 6.07) is 9.12. The Morgan fingerprint density at radius 3 is 2.61 bits per heavy atom. The number of aromatic nitrogens is 1. The molecule has 1 N–H and O–H groups in total. The molecule has 2 aromatic carbocycles. The lowest BCUT2D eigenvalue weighted by molar-refractivity contribution is -0.385. The number of methoxy groups -OCH3 is 2. The van der Waals surface area contributed by atoms with Gasteiger partial charge in [0.05, 0.1) is 24.8 Å². The van der Waals surface area contributed by atoms with Gasteiger partial charge in [-0.05, 0) is 30.3 Å². The second-order valence-corrected chi connectivity index (χ2v) is 6.77. The number of anilines is 1. The van der Waals surface area contributed by atoms with Gasteiger partial charge in [-0.3, -0.25) is 20.2 Å². The molecular weight excluding hydrogens is 406 g/mol. The summed E-state index contributed by atoms with van der Waals surface area (Å²) in [4.78, 5) is 27.3. The van der Waals surface area contributed by atoms with Crippen LogP contribution in [0.3, 0.4) is 0 Å². The maximum atomic E-state index is 12.5. The van der Waals surface area contributed by atoms with Gasteiger partial charge in [0.25, 0.3) is 11.6 Å². The van der Waals surface area contributed by atoms with Gasteiger partial charge in [0.1, 0.15) is 5.56 Å². The van der Waals surface area contributed by atoms with E-state index in [0.717, 1.165) is 5.56 Å².